The van der Waals surface area contributed by atoms with Crippen LogP contribution < -0.4 is 9.04 Å². The van der Waals surface area contributed by atoms with Crippen molar-refractivity contribution in [2.75, 3.05) is 57.4 Å². The van der Waals surface area contributed by atoms with Crippen LogP contribution in [0, 0.1) is 0 Å². The van der Waals surface area contributed by atoms with E-state index in [0.717, 1.165) is 23.7 Å². The van der Waals surface area contributed by atoms with Gasteiger partial charge in [0.05, 0.1) is 19.1 Å². The molecule has 134 valence electrons. The number of anilines is 1. The van der Waals surface area contributed by atoms with Crippen molar-refractivity contribution >= 4 is 33.2 Å². The Morgan fingerprint density at radius 1 is 1.29 bits per heavy atom. The third kappa shape index (κ3) is 4.52. The molecule has 7 nitrogen and oxygen atoms in total. The Labute approximate surface area is 147 Å². The van der Waals surface area contributed by atoms with Gasteiger partial charge in [-0.05, 0) is 25.2 Å². The fraction of sp³-hybridized carbons (Fsp3) is 0.533. The van der Waals surface area contributed by atoms with Crippen LogP contribution in [0.25, 0.3) is 0 Å². The van der Waals surface area contributed by atoms with Crippen LogP contribution >= 0.6 is 11.6 Å². The second-order valence-electron chi connectivity index (χ2n) is 5.77. The number of benzene rings is 1. The summed E-state index contributed by atoms with van der Waals surface area (Å²) >= 11 is 5.99. The summed E-state index contributed by atoms with van der Waals surface area (Å²) in [4.78, 5) is 16.3. The predicted octanol–water partition coefficient (Wildman–Crippen LogP) is 0.889. The van der Waals surface area contributed by atoms with Gasteiger partial charge in [-0.3, -0.25) is 9.10 Å². The normalized spacial score (nSPS) is 16.1. The fourth-order valence-electron chi connectivity index (χ4n) is 2.52. The Balaban J connectivity index is 2.27. The lowest BCUT2D eigenvalue weighted by Crippen LogP contribution is -2.50. The summed E-state index contributed by atoms with van der Waals surface area (Å²) in [5, 5.41) is 0.367. The molecule has 0 atom stereocenters. The first-order valence-electron chi connectivity index (χ1n) is 7.50. The van der Waals surface area contributed by atoms with Gasteiger partial charge < -0.3 is 14.5 Å². The van der Waals surface area contributed by atoms with Gasteiger partial charge in [-0.25, -0.2) is 8.42 Å². The Hall–Kier alpha value is -1.51. The number of methoxy groups -OCH3 is 1. The lowest BCUT2D eigenvalue weighted by atomic mass is 10.2. The second kappa shape index (κ2) is 7.58. The number of amides is 1. The average molecular weight is 376 g/mol. The standard InChI is InChI=1S/C15H22ClN3O4S/c1-17-6-8-18(9-7-17)15(20)11-19(24(3,21)22)13-10-12(16)4-5-14(13)23-2/h4-5,10H,6-9,11H2,1-3H3. The maximum atomic E-state index is 12.5. The zero-order valence-electron chi connectivity index (χ0n) is 14.0. The van der Waals surface area contributed by atoms with Crippen LogP contribution in [0.3, 0.4) is 0 Å². The lowest BCUT2D eigenvalue weighted by Gasteiger charge is -2.34. The molecule has 24 heavy (non-hydrogen) atoms. The SMILES string of the molecule is COc1ccc(Cl)cc1N(CC(=O)N1CCN(C)CC1)S(C)(=O)=O. The van der Waals surface area contributed by atoms with Gasteiger partial charge in [0.2, 0.25) is 15.9 Å². The van der Waals surface area contributed by atoms with Crippen LogP contribution in [-0.2, 0) is 14.8 Å². The number of nitrogens with zero attached hydrogens (tertiary/aromatic N) is 3. The molecular formula is C15H22ClN3O4S. The first-order valence-corrected chi connectivity index (χ1v) is 9.72. The highest BCUT2D eigenvalue weighted by Gasteiger charge is 2.27. The minimum Gasteiger partial charge on any atom is -0.495 e. The average Bonchev–Trinajstić information content (AvgIpc) is 2.52. The minimum absolute atomic E-state index is 0.240. The third-order valence-corrected chi connectivity index (χ3v) is 5.31. The maximum absolute atomic E-state index is 12.5. The molecule has 1 aromatic rings. The molecule has 1 aliphatic rings. The highest BCUT2D eigenvalue weighted by Crippen LogP contribution is 2.32. The van der Waals surface area contributed by atoms with Gasteiger partial charge in [0, 0.05) is 31.2 Å². The van der Waals surface area contributed by atoms with Crippen molar-refractivity contribution in [3.63, 3.8) is 0 Å². The van der Waals surface area contributed by atoms with Crippen molar-refractivity contribution in [1.82, 2.24) is 9.80 Å². The topological polar surface area (TPSA) is 70.2 Å². The Kier molecular flexibility index (Phi) is 5.95. The Bertz CT molecular complexity index is 703. The van der Waals surface area contributed by atoms with Crippen LogP contribution in [0.1, 0.15) is 0 Å². The van der Waals surface area contributed by atoms with E-state index >= 15 is 0 Å². The van der Waals surface area contributed by atoms with E-state index < -0.39 is 10.0 Å². The smallest absolute Gasteiger partial charge is 0.243 e. The van der Waals surface area contributed by atoms with Crippen LogP contribution in [0.5, 0.6) is 5.75 Å². The van der Waals surface area contributed by atoms with Gasteiger partial charge in [0.25, 0.3) is 0 Å². The first-order chi connectivity index (χ1) is 11.2. The van der Waals surface area contributed by atoms with Gasteiger partial charge in [0.1, 0.15) is 12.3 Å². The molecule has 1 aromatic carbocycles. The number of likely N-dealkylation sites (N-methyl/N-ethyl adjacent to an activating group) is 1. The summed E-state index contributed by atoms with van der Waals surface area (Å²) in [7, 11) is -0.248. The third-order valence-electron chi connectivity index (χ3n) is 3.94. The summed E-state index contributed by atoms with van der Waals surface area (Å²) in [6.07, 6.45) is 1.06. The number of sulfonamides is 1. The molecule has 0 spiro atoms. The van der Waals surface area contributed by atoms with E-state index in [0.29, 0.717) is 23.9 Å². The fourth-order valence-corrected chi connectivity index (χ4v) is 3.53. The van der Waals surface area contributed by atoms with Crippen molar-refractivity contribution in [2.45, 2.75) is 0 Å². The quantitative estimate of drug-likeness (QED) is 0.764. The number of rotatable bonds is 5. The number of halogens is 1. The van der Waals surface area contributed by atoms with Crippen LogP contribution in [0.2, 0.25) is 5.02 Å². The molecule has 0 radical (unpaired) electrons. The summed E-state index contributed by atoms with van der Waals surface area (Å²) < 4.78 is 30.7. The Morgan fingerprint density at radius 2 is 1.92 bits per heavy atom. The summed E-state index contributed by atoms with van der Waals surface area (Å²) in [6.45, 7) is 2.43. The summed E-state index contributed by atoms with van der Waals surface area (Å²) in [5.74, 6) is 0.103. The summed E-state index contributed by atoms with van der Waals surface area (Å²) in [5.41, 5.74) is 0.259. The molecule has 9 heteroatoms. The van der Waals surface area contributed by atoms with Gasteiger partial charge in [-0.2, -0.15) is 0 Å². The van der Waals surface area contributed by atoms with Crippen molar-refractivity contribution in [3.05, 3.63) is 23.2 Å². The zero-order chi connectivity index (χ0) is 17.9. The van der Waals surface area contributed by atoms with E-state index in [4.69, 9.17) is 16.3 Å². The number of ether oxygens (including phenoxy) is 1. The summed E-state index contributed by atoms with van der Waals surface area (Å²) in [6, 6.07) is 4.67. The second-order valence-corrected chi connectivity index (χ2v) is 8.11. The largest absolute Gasteiger partial charge is 0.495 e. The van der Waals surface area contributed by atoms with E-state index in [-0.39, 0.29) is 18.1 Å². The van der Waals surface area contributed by atoms with Crippen molar-refractivity contribution in [3.8, 4) is 5.75 Å². The highest BCUT2D eigenvalue weighted by molar-refractivity contribution is 7.92. The van der Waals surface area contributed by atoms with E-state index in [1.165, 1.54) is 13.2 Å². The van der Waals surface area contributed by atoms with E-state index in [9.17, 15) is 13.2 Å². The molecule has 1 fully saturated rings. The molecule has 2 rings (SSSR count). The lowest BCUT2D eigenvalue weighted by molar-refractivity contribution is -0.131. The highest BCUT2D eigenvalue weighted by atomic mass is 35.5. The van der Waals surface area contributed by atoms with Crippen LogP contribution in [-0.4, -0.2) is 77.3 Å². The predicted molar refractivity (Wildman–Crippen MR) is 94.3 cm³/mol. The van der Waals surface area contributed by atoms with E-state index in [2.05, 4.69) is 4.90 Å². The van der Waals surface area contributed by atoms with E-state index in [1.807, 2.05) is 7.05 Å². The maximum Gasteiger partial charge on any atom is 0.243 e. The minimum atomic E-state index is -3.68. The van der Waals surface area contributed by atoms with Gasteiger partial charge in [-0.15, -0.1) is 0 Å². The molecule has 1 aliphatic heterocycles. The molecular weight excluding hydrogens is 354 g/mol. The van der Waals surface area contributed by atoms with Crippen molar-refractivity contribution < 1.29 is 17.9 Å². The molecule has 0 saturated carbocycles. The van der Waals surface area contributed by atoms with Crippen molar-refractivity contribution in [2.24, 2.45) is 0 Å². The zero-order valence-corrected chi connectivity index (χ0v) is 15.6. The van der Waals surface area contributed by atoms with Crippen LogP contribution in [0.4, 0.5) is 5.69 Å². The van der Waals surface area contributed by atoms with Gasteiger partial charge in [0.15, 0.2) is 0 Å². The van der Waals surface area contributed by atoms with Crippen LogP contribution in [0.15, 0.2) is 18.2 Å². The Morgan fingerprint density at radius 3 is 2.46 bits per heavy atom. The first kappa shape index (κ1) is 18.8. The molecule has 0 N–H and O–H groups in total. The molecule has 0 aromatic heterocycles. The molecule has 1 heterocycles. The molecule has 0 bridgehead atoms. The number of hydrogen-bond donors (Lipinski definition) is 0. The van der Waals surface area contributed by atoms with Crippen molar-refractivity contribution in [1.29, 1.82) is 0 Å². The number of hydrogen-bond acceptors (Lipinski definition) is 5. The molecule has 1 saturated heterocycles. The molecule has 1 amide bonds. The number of carbonyl (C=O) groups excluding carboxylic acids is 1. The monoisotopic (exact) mass is 375 g/mol. The van der Waals surface area contributed by atoms with Gasteiger partial charge >= 0.3 is 0 Å². The van der Waals surface area contributed by atoms with E-state index in [1.54, 1.807) is 17.0 Å². The molecule has 0 aliphatic carbocycles. The number of carbonyl (C=O) groups is 1. The van der Waals surface area contributed by atoms with Gasteiger partial charge in [-0.1, -0.05) is 11.6 Å². The number of piperazine rings is 1. The molecule has 0 unspecified atom stereocenters.